The fourth-order valence-electron chi connectivity index (χ4n) is 4.43. The van der Waals surface area contributed by atoms with Crippen LogP contribution in [0.4, 0.5) is 0 Å². The lowest BCUT2D eigenvalue weighted by Crippen LogP contribution is -2.35. The lowest BCUT2D eigenvalue weighted by atomic mass is 9.94. The highest BCUT2D eigenvalue weighted by atomic mass is 16.5. The zero-order chi connectivity index (χ0) is 26.5. The van der Waals surface area contributed by atoms with Crippen molar-refractivity contribution in [1.82, 2.24) is 9.80 Å². The third-order valence-electron chi connectivity index (χ3n) is 6.44. The van der Waals surface area contributed by atoms with Crippen LogP contribution in [0, 0.1) is 6.92 Å². The largest absolute Gasteiger partial charge is 0.507 e. The fraction of sp³-hybridized carbons (Fsp3) is 0.267. The van der Waals surface area contributed by atoms with Crippen molar-refractivity contribution in [2.24, 2.45) is 0 Å². The van der Waals surface area contributed by atoms with Crippen molar-refractivity contribution in [2.75, 3.05) is 34.3 Å². The average molecular weight is 501 g/mol. The molecule has 1 atom stereocenters. The van der Waals surface area contributed by atoms with Crippen molar-refractivity contribution < 1.29 is 24.2 Å². The van der Waals surface area contributed by atoms with Gasteiger partial charge in [0, 0.05) is 18.7 Å². The highest BCUT2D eigenvalue weighted by Crippen LogP contribution is 2.40. The van der Waals surface area contributed by atoms with Gasteiger partial charge in [0.25, 0.3) is 11.7 Å². The van der Waals surface area contributed by atoms with Crippen LogP contribution in [0.15, 0.2) is 78.4 Å². The number of likely N-dealkylation sites (N-methyl/N-ethyl adjacent to an activating group) is 1. The van der Waals surface area contributed by atoms with Gasteiger partial charge in [-0.25, -0.2) is 0 Å². The zero-order valence-corrected chi connectivity index (χ0v) is 21.6. The standard InChI is InChI=1S/C30H32N2O5/c1-20-18-23(12-15-25(20)36-4)28(33)26-27(32(17-16-31(2)3)30(35)29(26)34)22-10-13-24(14-11-22)37-19-21-8-6-5-7-9-21/h5-15,18,27,33H,16-17,19H2,1-4H3/b28-26+. The maximum Gasteiger partial charge on any atom is 0.295 e. The van der Waals surface area contributed by atoms with Gasteiger partial charge in [-0.05, 0) is 68.0 Å². The van der Waals surface area contributed by atoms with Crippen LogP contribution in [0.25, 0.3) is 5.76 Å². The fourth-order valence-corrected chi connectivity index (χ4v) is 4.43. The van der Waals surface area contributed by atoms with Gasteiger partial charge in [0.15, 0.2) is 0 Å². The van der Waals surface area contributed by atoms with Gasteiger partial charge in [-0.1, -0.05) is 42.5 Å². The Morgan fingerprint density at radius 3 is 2.32 bits per heavy atom. The van der Waals surface area contributed by atoms with Crippen LogP contribution in [-0.4, -0.2) is 60.9 Å². The number of hydrogen-bond acceptors (Lipinski definition) is 6. The van der Waals surface area contributed by atoms with Gasteiger partial charge in [0.1, 0.15) is 23.9 Å². The van der Waals surface area contributed by atoms with Crippen molar-refractivity contribution in [3.05, 3.63) is 101 Å². The summed E-state index contributed by atoms with van der Waals surface area (Å²) in [5, 5.41) is 11.3. The highest BCUT2D eigenvalue weighted by Gasteiger charge is 2.45. The lowest BCUT2D eigenvalue weighted by Gasteiger charge is -2.26. The molecule has 1 unspecified atom stereocenters. The predicted octanol–water partition coefficient (Wildman–Crippen LogP) is 4.57. The Hall–Kier alpha value is -4.10. The number of aryl methyl sites for hydroxylation is 1. The number of amides is 1. The van der Waals surface area contributed by atoms with E-state index in [1.54, 1.807) is 25.3 Å². The van der Waals surface area contributed by atoms with E-state index >= 15 is 0 Å². The van der Waals surface area contributed by atoms with Crippen molar-refractivity contribution in [2.45, 2.75) is 19.6 Å². The first-order chi connectivity index (χ1) is 17.8. The SMILES string of the molecule is COc1ccc(/C(O)=C2\C(=O)C(=O)N(CCN(C)C)C2c2ccc(OCc3ccccc3)cc2)cc1C. The quantitative estimate of drug-likeness (QED) is 0.264. The monoisotopic (exact) mass is 500 g/mol. The van der Waals surface area contributed by atoms with E-state index in [1.165, 1.54) is 4.90 Å². The summed E-state index contributed by atoms with van der Waals surface area (Å²) in [5.74, 6) is -0.178. The minimum atomic E-state index is -0.717. The Morgan fingerprint density at radius 1 is 1.00 bits per heavy atom. The molecule has 4 rings (SSSR count). The van der Waals surface area contributed by atoms with Crippen molar-refractivity contribution in [3.8, 4) is 11.5 Å². The van der Waals surface area contributed by atoms with Gasteiger partial charge in [-0.2, -0.15) is 0 Å². The number of ketones is 1. The van der Waals surface area contributed by atoms with Crippen LogP contribution in [0.1, 0.15) is 28.3 Å². The van der Waals surface area contributed by atoms with E-state index in [1.807, 2.05) is 80.5 Å². The number of Topliss-reactive ketones (excluding diaryl/α,β-unsaturated/α-hetero) is 1. The molecule has 192 valence electrons. The smallest absolute Gasteiger partial charge is 0.295 e. The first kappa shape index (κ1) is 26.0. The number of nitrogens with zero attached hydrogens (tertiary/aromatic N) is 2. The molecule has 0 bridgehead atoms. The molecular weight excluding hydrogens is 468 g/mol. The summed E-state index contributed by atoms with van der Waals surface area (Å²) in [7, 11) is 5.39. The summed E-state index contributed by atoms with van der Waals surface area (Å²) >= 11 is 0. The molecule has 1 N–H and O–H groups in total. The minimum Gasteiger partial charge on any atom is -0.507 e. The molecule has 0 aliphatic carbocycles. The van der Waals surface area contributed by atoms with Crippen LogP contribution >= 0.6 is 0 Å². The summed E-state index contributed by atoms with van der Waals surface area (Å²) in [6.07, 6.45) is 0. The maximum absolute atomic E-state index is 13.2. The molecule has 1 amide bonds. The summed E-state index contributed by atoms with van der Waals surface area (Å²) in [6, 6.07) is 21.6. The molecule has 3 aromatic carbocycles. The first-order valence-corrected chi connectivity index (χ1v) is 12.1. The molecule has 1 aliphatic heterocycles. The normalized spacial score (nSPS) is 16.9. The molecule has 1 saturated heterocycles. The Morgan fingerprint density at radius 2 is 1.70 bits per heavy atom. The average Bonchev–Trinajstić information content (AvgIpc) is 3.16. The molecule has 7 nitrogen and oxygen atoms in total. The van der Waals surface area contributed by atoms with E-state index in [4.69, 9.17) is 9.47 Å². The summed E-state index contributed by atoms with van der Waals surface area (Å²) in [4.78, 5) is 29.8. The Labute approximate surface area is 217 Å². The van der Waals surface area contributed by atoms with E-state index in [0.29, 0.717) is 36.8 Å². The molecule has 7 heteroatoms. The molecule has 1 aliphatic rings. The summed E-state index contributed by atoms with van der Waals surface area (Å²) in [6.45, 7) is 3.20. The number of likely N-dealkylation sites (tertiary alicyclic amines) is 1. The number of benzene rings is 3. The number of aliphatic hydroxyl groups excluding tert-OH is 1. The molecule has 37 heavy (non-hydrogen) atoms. The van der Waals surface area contributed by atoms with Gasteiger partial charge in [-0.15, -0.1) is 0 Å². The number of methoxy groups -OCH3 is 1. The Balaban J connectivity index is 1.70. The van der Waals surface area contributed by atoms with Crippen LogP contribution < -0.4 is 9.47 Å². The van der Waals surface area contributed by atoms with Crippen LogP contribution in [0.5, 0.6) is 11.5 Å². The second kappa shape index (κ2) is 11.3. The predicted molar refractivity (Wildman–Crippen MR) is 143 cm³/mol. The third-order valence-corrected chi connectivity index (χ3v) is 6.44. The van der Waals surface area contributed by atoms with Crippen molar-refractivity contribution in [3.63, 3.8) is 0 Å². The molecular formula is C30H32N2O5. The van der Waals surface area contributed by atoms with Gasteiger partial charge in [0.2, 0.25) is 0 Å². The van der Waals surface area contributed by atoms with Crippen LogP contribution in [0.3, 0.4) is 0 Å². The molecule has 0 saturated carbocycles. The number of ether oxygens (including phenoxy) is 2. The summed E-state index contributed by atoms with van der Waals surface area (Å²) < 4.78 is 11.2. The second-order valence-electron chi connectivity index (χ2n) is 9.32. The summed E-state index contributed by atoms with van der Waals surface area (Å²) in [5.41, 5.74) is 3.11. The van der Waals surface area contributed by atoms with E-state index in [-0.39, 0.29) is 11.3 Å². The topological polar surface area (TPSA) is 79.3 Å². The zero-order valence-electron chi connectivity index (χ0n) is 21.6. The van der Waals surface area contributed by atoms with Gasteiger partial charge in [0.05, 0.1) is 18.7 Å². The Bertz CT molecular complexity index is 1300. The van der Waals surface area contributed by atoms with Gasteiger partial charge in [-0.3, -0.25) is 9.59 Å². The molecule has 1 heterocycles. The van der Waals surface area contributed by atoms with E-state index < -0.39 is 17.7 Å². The van der Waals surface area contributed by atoms with Crippen LogP contribution in [-0.2, 0) is 16.2 Å². The van der Waals surface area contributed by atoms with Crippen molar-refractivity contribution in [1.29, 1.82) is 0 Å². The number of aliphatic hydroxyl groups is 1. The third kappa shape index (κ3) is 5.67. The van der Waals surface area contributed by atoms with Gasteiger partial charge >= 0.3 is 0 Å². The number of carbonyl (C=O) groups excluding carboxylic acids is 2. The number of rotatable bonds is 9. The van der Waals surface area contributed by atoms with Crippen LogP contribution in [0.2, 0.25) is 0 Å². The molecule has 1 fully saturated rings. The molecule has 0 spiro atoms. The maximum atomic E-state index is 13.2. The first-order valence-electron chi connectivity index (χ1n) is 12.1. The van der Waals surface area contributed by atoms with Gasteiger partial charge < -0.3 is 24.4 Å². The molecule has 3 aromatic rings. The lowest BCUT2D eigenvalue weighted by molar-refractivity contribution is -0.140. The minimum absolute atomic E-state index is 0.0753. The highest BCUT2D eigenvalue weighted by molar-refractivity contribution is 6.46. The molecule has 0 radical (unpaired) electrons. The molecule has 0 aromatic heterocycles. The number of hydrogen-bond donors (Lipinski definition) is 1. The second-order valence-corrected chi connectivity index (χ2v) is 9.32. The van der Waals surface area contributed by atoms with E-state index in [9.17, 15) is 14.7 Å². The van der Waals surface area contributed by atoms with Crippen molar-refractivity contribution >= 4 is 17.4 Å². The van der Waals surface area contributed by atoms with E-state index in [0.717, 1.165) is 16.7 Å². The Kier molecular flexibility index (Phi) is 7.94. The number of carbonyl (C=O) groups is 2. The van der Waals surface area contributed by atoms with E-state index in [2.05, 4.69) is 0 Å².